The lowest BCUT2D eigenvalue weighted by atomic mass is 9.83. The molecule has 0 heterocycles. The summed E-state index contributed by atoms with van der Waals surface area (Å²) in [5.41, 5.74) is 0. The van der Waals surface area contributed by atoms with E-state index >= 15 is 0 Å². The predicted octanol–water partition coefficient (Wildman–Crippen LogP) is 3.29. The summed E-state index contributed by atoms with van der Waals surface area (Å²) in [6.45, 7) is 0.882. The first-order valence-corrected chi connectivity index (χ1v) is 7.68. The van der Waals surface area contributed by atoms with Crippen molar-refractivity contribution in [2.75, 3.05) is 11.0 Å². The second-order valence-electron chi connectivity index (χ2n) is 4.45. The van der Waals surface area contributed by atoms with Crippen LogP contribution in [0.3, 0.4) is 0 Å². The van der Waals surface area contributed by atoms with Crippen LogP contribution in [-0.2, 0) is 4.79 Å². The van der Waals surface area contributed by atoms with E-state index < -0.39 is 0 Å². The number of nitrogens with one attached hydrogen (secondary N) is 1. The number of halogens is 1. The summed E-state index contributed by atoms with van der Waals surface area (Å²) in [5, 5.41) is 3.02. The molecule has 2 nitrogen and oxygen atoms in total. The molecule has 1 fully saturated rings. The predicted molar refractivity (Wildman–Crippen MR) is 72.3 cm³/mol. The molecule has 0 aromatic rings. The van der Waals surface area contributed by atoms with Crippen LogP contribution in [0.4, 0.5) is 0 Å². The maximum absolute atomic E-state index is 11.4. The van der Waals surface area contributed by atoms with Gasteiger partial charge in [-0.2, -0.15) is 0 Å². The average molecular weight is 323 g/mol. The number of hydrogen-bond donors (Lipinski definition) is 1. The van der Waals surface area contributed by atoms with E-state index in [-0.39, 0.29) is 5.91 Å². The van der Waals surface area contributed by atoms with Gasteiger partial charge in [0.05, 0.1) is 0 Å². The van der Waals surface area contributed by atoms with E-state index in [2.05, 4.69) is 27.9 Å². The van der Waals surface area contributed by atoms with Crippen LogP contribution < -0.4 is 5.32 Å². The molecule has 0 aromatic carbocycles. The number of amides is 1. The van der Waals surface area contributed by atoms with Crippen molar-refractivity contribution < 1.29 is 4.79 Å². The Hall–Kier alpha value is 0.200. The number of carbonyl (C=O) groups excluding carboxylic acids is 1. The fourth-order valence-corrected chi connectivity index (χ4v) is 2.37. The minimum absolute atomic E-state index is 0.272. The molecule has 0 aromatic heterocycles. The first-order valence-electron chi connectivity index (χ1n) is 6.15. The normalized spacial score (nSPS) is 16.1. The maximum atomic E-state index is 11.4. The molecule has 3 heteroatoms. The quantitative estimate of drug-likeness (QED) is 0.414. The van der Waals surface area contributed by atoms with Gasteiger partial charge in [0.15, 0.2) is 0 Å². The van der Waals surface area contributed by atoms with Crippen LogP contribution in [0, 0.1) is 5.92 Å². The average Bonchev–Trinajstić information content (AvgIpc) is 2.17. The number of rotatable bonds is 8. The molecule has 1 amide bonds. The Balaban J connectivity index is 1.83. The summed E-state index contributed by atoms with van der Waals surface area (Å²) in [4.78, 5) is 11.4. The first-order chi connectivity index (χ1) is 7.33. The number of alkyl halides is 1. The summed E-state index contributed by atoms with van der Waals surface area (Å²) in [5.74, 6) is 0.970. The lowest BCUT2D eigenvalue weighted by Gasteiger charge is -2.24. The van der Waals surface area contributed by atoms with Gasteiger partial charge >= 0.3 is 0 Å². The van der Waals surface area contributed by atoms with Gasteiger partial charge in [0.1, 0.15) is 0 Å². The molecule has 1 N–H and O–H groups in total. The number of carbonyl (C=O) groups is 1. The SMILES string of the molecule is O=C(CC1CCC1)NCCCCCCI. The zero-order valence-corrected chi connectivity index (χ0v) is 11.6. The summed E-state index contributed by atoms with van der Waals surface area (Å²) in [7, 11) is 0. The summed E-state index contributed by atoms with van der Waals surface area (Å²) in [6, 6.07) is 0. The number of unbranched alkanes of at least 4 members (excludes halogenated alkanes) is 3. The number of hydrogen-bond acceptors (Lipinski definition) is 1. The Morgan fingerprint density at radius 1 is 1.20 bits per heavy atom. The fourth-order valence-electron chi connectivity index (χ4n) is 1.83. The van der Waals surface area contributed by atoms with Crippen LogP contribution in [0.25, 0.3) is 0 Å². The van der Waals surface area contributed by atoms with E-state index in [1.165, 1.54) is 43.0 Å². The highest BCUT2D eigenvalue weighted by atomic mass is 127. The van der Waals surface area contributed by atoms with Gasteiger partial charge < -0.3 is 5.32 Å². The van der Waals surface area contributed by atoms with Gasteiger partial charge in [0.2, 0.25) is 5.91 Å². The molecule has 1 aliphatic rings. The van der Waals surface area contributed by atoms with E-state index in [9.17, 15) is 4.79 Å². The van der Waals surface area contributed by atoms with E-state index in [0.717, 1.165) is 19.4 Å². The van der Waals surface area contributed by atoms with Gasteiger partial charge in [-0.25, -0.2) is 0 Å². The Kier molecular flexibility index (Phi) is 7.40. The zero-order chi connectivity index (χ0) is 10.9. The van der Waals surface area contributed by atoms with Crippen LogP contribution >= 0.6 is 22.6 Å². The summed E-state index contributed by atoms with van der Waals surface area (Å²) in [6.07, 6.45) is 9.66. The van der Waals surface area contributed by atoms with Crippen molar-refractivity contribution in [2.24, 2.45) is 5.92 Å². The third kappa shape index (κ3) is 6.38. The summed E-state index contributed by atoms with van der Waals surface area (Å²) < 4.78 is 1.26. The lowest BCUT2D eigenvalue weighted by Crippen LogP contribution is -2.28. The third-order valence-corrected chi connectivity index (χ3v) is 3.84. The maximum Gasteiger partial charge on any atom is 0.220 e. The van der Waals surface area contributed by atoms with Gasteiger partial charge in [0, 0.05) is 13.0 Å². The minimum atomic E-state index is 0.272. The van der Waals surface area contributed by atoms with E-state index in [0.29, 0.717) is 5.92 Å². The second-order valence-corrected chi connectivity index (χ2v) is 5.53. The van der Waals surface area contributed by atoms with E-state index in [4.69, 9.17) is 0 Å². The zero-order valence-electron chi connectivity index (χ0n) is 9.43. The molecule has 1 aliphatic carbocycles. The molecule has 15 heavy (non-hydrogen) atoms. The minimum Gasteiger partial charge on any atom is -0.356 e. The molecular formula is C12H22INO. The highest BCUT2D eigenvalue weighted by Gasteiger charge is 2.19. The van der Waals surface area contributed by atoms with Crippen LogP contribution in [-0.4, -0.2) is 16.9 Å². The van der Waals surface area contributed by atoms with Gasteiger partial charge in [-0.1, -0.05) is 41.9 Å². The molecule has 0 spiro atoms. The molecular weight excluding hydrogens is 301 g/mol. The van der Waals surface area contributed by atoms with Gasteiger partial charge in [-0.15, -0.1) is 0 Å². The Morgan fingerprint density at radius 3 is 2.53 bits per heavy atom. The largest absolute Gasteiger partial charge is 0.356 e. The Morgan fingerprint density at radius 2 is 1.93 bits per heavy atom. The van der Waals surface area contributed by atoms with Crippen LogP contribution in [0.5, 0.6) is 0 Å². The van der Waals surface area contributed by atoms with Gasteiger partial charge in [-0.05, 0) is 36.0 Å². The van der Waals surface area contributed by atoms with Gasteiger partial charge in [0.25, 0.3) is 0 Å². The van der Waals surface area contributed by atoms with Crippen molar-refractivity contribution >= 4 is 28.5 Å². The molecule has 0 unspecified atom stereocenters. The fraction of sp³-hybridized carbons (Fsp3) is 0.917. The van der Waals surface area contributed by atoms with Crippen molar-refractivity contribution in [3.8, 4) is 0 Å². The standard InChI is InChI=1S/C12H22INO/c13-8-3-1-2-4-9-14-12(15)10-11-6-5-7-11/h11H,1-10H2,(H,14,15). The molecule has 88 valence electrons. The second kappa shape index (κ2) is 8.36. The molecule has 0 atom stereocenters. The Labute approximate surface area is 107 Å². The van der Waals surface area contributed by atoms with Gasteiger partial charge in [-0.3, -0.25) is 4.79 Å². The van der Waals surface area contributed by atoms with Crippen molar-refractivity contribution in [1.29, 1.82) is 0 Å². The third-order valence-electron chi connectivity index (χ3n) is 3.08. The van der Waals surface area contributed by atoms with Crippen LogP contribution in [0.15, 0.2) is 0 Å². The Bertz CT molecular complexity index is 180. The van der Waals surface area contributed by atoms with Crippen LogP contribution in [0.2, 0.25) is 0 Å². The lowest BCUT2D eigenvalue weighted by molar-refractivity contribution is -0.122. The van der Waals surface area contributed by atoms with Crippen molar-refractivity contribution in [3.05, 3.63) is 0 Å². The van der Waals surface area contributed by atoms with Crippen molar-refractivity contribution in [3.63, 3.8) is 0 Å². The molecule has 0 saturated heterocycles. The molecule has 1 rings (SSSR count). The molecule has 1 saturated carbocycles. The highest BCUT2D eigenvalue weighted by Crippen LogP contribution is 2.28. The molecule has 0 radical (unpaired) electrons. The van der Waals surface area contributed by atoms with E-state index in [1.54, 1.807) is 0 Å². The van der Waals surface area contributed by atoms with Crippen molar-refractivity contribution in [1.82, 2.24) is 5.32 Å². The molecule has 0 aliphatic heterocycles. The monoisotopic (exact) mass is 323 g/mol. The van der Waals surface area contributed by atoms with E-state index in [1.807, 2.05) is 0 Å². The smallest absolute Gasteiger partial charge is 0.220 e. The van der Waals surface area contributed by atoms with Crippen LogP contribution in [0.1, 0.15) is 51.4 Å². The topological polar surface area (TPSA) is 29.1 Å². The highest BCUT2D eigenvalue weighted by molar-refractivity contribution is 14.1. The first kappa shape index (κ1) is 13.3. The molecule has 0 bridgehead atoms. The summed E-state index contributed by atoms with van der Waals surface area (Å²) >= 11 is 2.41. The van der Waals surface area contributed by atoms with Crippen molar-refractivity contribution in [2.45, 2.75) is 51.4 Å².